The fourth-order valence-electron chi connectivity index (χ4n) is 0.481. The van der Waals surface area contributed by atoms with Crippen molar-refractivity contribution in [2.45, 2.75) is 33.8 Å². The molecule has 3 nitrogen and oxygen atoms in total. The van der Waals surface area contributed by atoms with Crippen LogP contribution in [0.25, 0.3) is 0 Å². The van der Waals surface area contributed by atoms with Crippen LogP contribution >= 0.6 is 8.60 Å². The fourth-order valence-corrected chi connectivity index (χ4v) is 1.44. The van der Waals surface area contributed by atoms with Crippen LogP contribution in [0.15, 0.2) is 0 Å². The van der Waals surface area contributed by atoms with Crippen LogP contribution in [-0.2, 0) is 13.6 Å². The molecule has 0 aliphatic heterocycles. The maximum Gasteiger partial charge on any atom is 0.332 e. The van der Waals surface area contributed by atoms with Gasteiger partial charge in [-0.15, -0.1) is 0 Å². The Morgan fingerprint density at radius 2 is 1.55 bits per heavy atom. The highest BCUT2D eigenvalue weighted by atomic mass is 31.2. The van der Waals surface area contributed by atoms with Gasteiger partial charge in [0.25, 0.3) is 0 Å². The Morgan fingerprint density at radius 3 is 1.82 bits per heavy atom. The van der Waals surface area contributed by atoms with Crippen LogP contribution in [0.5, 0.6) is 0 Å². The molecule has 0 heterocycles. The van der Waals surface area contributed by atoms with Crippen molar-refractivity contribution in [3.8, 4) is 0 Å². The first-order valence-corrected chi connectivity index (χ1v) is 5.03. The lowest BCUT2D eigenvalue weighted by Crippen LogP contribution is -2.02. The predicted octanol–water partition coefficient (Wildman–Crippen LogP) is 2.71. The summed E-state index contributed by atoms with van der Waals surface area (Å²) in [4.78, 5) is 0. The summed E-state index contributed by atoms with van der Waals surface area (Å²) in [5, 5.41) is 0. The van der Waals surface area contributed by atoms with E-state index in [1.165, 1.54) is 0 Å². The summed E-state index contributed by atoms with van der Waals surface area (Å²) < 4.78 is 15.8. The number of rotatable bonds is 6. The zero-order valence-corrected chi connectivity index (χ0v) is 8.56. The lowest BCUT2D eigenvalue weighted by molar-refractivity contribution is 0.141. The summed E-state index contributed by atoms with van der Waals surface area (Å²) in [6, 6.07) is 0. The van der Waals surface area contributed by atoms with Crippen molar-refractivity contribution in [1.29, 1.82) is 0 Å². The lowest BCUT2D eigenvalue weighted by Gasteiger charge is -2.16. The van der Waals surface area contributed by atoms with Gasteiger partial charge in [-0.3, -0.25) is 0 Å². The van der Waals surface area contributed by atoms with Crippen LogP contribution in [0.4, 0.5) is 0 Å². The molecule has 0 aliphatic rings. The van der Waals surface area contributed by atoms with Gasteiger partial charge in [-0.1, -0.05) is 0 Å². The monoisotopic (exact) mass is 180 g/mol. The fraction of sp³-hybridized carbons (Fsp3) is 1.00. The second-order valence-electron chi connectivity index (χ2n) is 2.21. The zero-order valence-electron chi connectivity index (χ0n) is 7.66. The summed E-state index contributed by atoms with van der Waals surface area (Å²) in [5.74, 6) is 0. The number of hydrogen-bond donors (Lipinski definition) is 0. The molecular formula is C7H17O3P. The van der Waals surface area contributed by atoms with E-state index in [-0.39, 0.29) is 6.10 Å². The maximum atomic E-state index is 5.35. The molecule has 4 heteroatoms. The third-order valence-corrected chi connectivity index (χ3v) is 2.30. The van der Waals surface area contributed by atoms with Gasteiger partial charge in [0.1, 0.15) is 0 Å². The van der Waals surface area contributed by atoms with E-state index in [0.717, 1.165) is 0 Å². The third kappa shape index (κ3) is 6.70. The average Bonchev–Trinajstić information content (AvgIpc) is 1.87. The Morgan fingerprint density at radius 1 is 1.09 bits per heavy atom. The van der Waals surface area contributed by atoms with Gasteiger partial charge in [-0.05, 0) is 27.7 Å². The first-order chi connectivity index (χ1) is 5.20. The molecule has 0 aromatic rings. The molecule has 0 amide bonds. The van der Waals surface area contributed by atoms with E-state index in [1.807, 2.05) is 27.7 Å². The second kappa shape index (κ2) is 6.99. The third-order valence-electron chi connectivity index (χ3n) is 0.766. The van der Waals surface area contributed by atoms with E-state index < -0.39 is 8.60 Å². The number of hydrogen-bond acceptors (Lipinski definition) is 3. The second-order valence-corrected chi connectivity index (χ2v) is 3.39. The van der Waals surface area contributed by atoms with Crippen LogP contribution < -0.4 is 0 Å². The normalized spacial score (nSPS) is 11.5. The van der Waals surface area contributed by atoms with Gasteiger partial charge in [0.2, 0.25) is 0 Å². The molecule has 0 aliphatic carbocycles. The lowest BCUT2D eigenvalue weighted by atomic mass is 10.5. The average molecular weight is 180 g/mol. The molecule has 0 fully saturated rings. The van der Waals surface area contributed by atoms with Crippen LogP contribution in [0.3, 0.4) is 0 Å². The predicted molar refractivity (Wildman–Crippen MR) is 46.4 cm³/mol. The largest absolute Gasteiger partial charge is 0.332 e. The van der Waals surface area contributed by atoms with Gasteiger partial charge >= 0.3 is 8.60 Å². The summed E-state index contributed by atoms with van der Waals surface area (Å²) in [5.41, 5.74) is 0. The van der Waals surface area contributed by atoms with E-state index in [2.05, 4.69) is 0 Å². The van der Waals surface area contributed by atoms with E-state index in [1.54, 1.807) is 0 Å². The van der Waals surface area contributed by atoms with Gasteiger partial charge in [-0.25, -0.2) is 0 Å². The van der Waals surface area contributed by atoms with Crippen LogP contribution in [0, 0.1) is 0 Å². The standard InChI is InChI=1S/C7H17O3P/c1-5-8-11(9-6-2)10-7(3)4/h7H,5-6H2,1-4H3. The molecule has 0 spiro atoms. The molecule has 0 radical (unpaired) electrons. The zero-order chi connectivity index (χ0) is 8.69. The van der Waals surface area contributed by atoms with Crippen molar-refractivity contribution < 1.29 is 13.6 Å². The molecule has 0 unspecified atom stereocenters. The molecule has 0 atom stereocenters. The van der Waals surface area contributed by atoms with Gasteiger partial charge < -0.3 is 13.6 Å². The van der Waals surface area contributed by atoms with Crippen LogP contribution in [-0.4, -0.2) is 19.3 Å². The molecule has 0 saturated heterocycles. The van der Waals surface area contributed by atoms with Gasteiger partial charge in [-0.2, -0.15) is 0 Å². The molecular weight excluding hydrogens is 163 g/mol. The highest BCUT2D eigenvalue weighted by Gasteiger charge is 2.11. The van der Waals surface area contributed by atoms with Crippen molar-refractivity contribution in [3.63, 3.8) is 0 Å². The van der Waals surface area contributed by atoms with Gasteiger partial charge in [0.05, 0.1) is 19.3 Å². The SMILES string of the molecule is CCOP(OCC)OC(C)C. The minimum Gasteiger partial charge on any atom is -0.313 e. The molecule has 0 saturated carbocycles. The quantitative estimate of drug-likeness (QED) is 0.588. The highest BCUT2D eigenvalue weighted by Crippen LogP contribution is 2.40. The highest BCUT2D eigenvalue weighted by molar-refractivity contribution is 7.41. The summed E-state index contributed by atoms with van der Waals surface area (Å²) >= 11 is 0. The van der Waals surface area contributed by atoms with Crippen molar-refractivity contribution in [2.24, 2.45) is 0 Å². The Bertz CT molecular complexity index is 81.8. The molecule has 0 rings (SSSR count). The van der Waals surface area contributed by atoms with E-state index >= 15 is 0 Å². The van der Waals surface area contributed by atoms with Crippen molar-refractivity contribution in [3.05, 3.63) is 0 Å². The summed E-state index contributed by atoms with van der Waals surface area (Å²) in [7, 11) is -1.10. The smallest absolute Gasteiger partial charge is 0.313 e. The molecule has 0 aromatic heterocycles. The first kappa shape index (κ1) is 11.3. The van der Waals surface area contributed by atoms with Crippen molar-refractivity contribution in [1.82, 2.24) is 0 Å². The Balaban J connectivity index is 3.50. The topological polar surface area (TPSA) is 27.7 Å². The minimum atomic E-state index is -1.10. The van der Waals surface area contributed by atoms with E-state index in [4.69, 9.17) is 13.6 Å². The molecule has 0 aromatic carbocycles. The Labute approximate surface area is 70.0 Å². The van der Waals surface area contributed by atoms with Crippen molar-refractivity contribution in [2.75, 3.05) is 13.2 Å². The molecule has 0 N–H and O–H groups in total. The summed E-state index contributed by atoms with van der Waals surface area (Å²) in [6.45, 7) is 9.06. The molecule has 0 bridgehead atoms. The first-order valence-electron chi connectivity index (χ1n) is 3.93. The molecule has 68 valence electrons. The Hall–Kier alpha value is 0.310. The van der Waals surface area contributed by atoms with E-state index in [0.29, 0.717) is 13.2 Å². The Kier molecular flexibility index (Phi) is 7.18. The van der Waals surface area contributed by atoms with Crippen molar-refractivity contribution >= 4 is 8.60 Å². The molecule has 11 heavy (non-hydrogen) atoms. The maximum absolute atomic E-state index is 5.35. The van der Waals surface area contributed by atoms with E-state index in [9.17, 15) is 0 Å². The van der Waals surface area contributed by atoms with Crippen LogP contribution in [0.1, 0.15) is 27.7 Å². The van der Waals surface area contributed by atoms with Gasteiger partial charge in [0, 0.05) is 0 Å². The minimum absolute atomic E-state index is 0.166. The van der Waals surface area contributed by atoms with Gasteiger partial charge in [0.15, 0.2) is 0 Å². The van der Waals surface area contributed by atoms with Crippen LogP contribution in [0.2, 0.25) is 0 Å². The summed E-state index contributed by atoms with van der Waals surface area (Å²) in [6.07, 6.45) is 0.166.